The minimum Gasteiger partial charge on any atom is -0.383 e. The van der Waals surface area contributed by atoms with Crippen LogP contribution in [0.5, 0.6) is 0 Å². The van der Waals surface area contributed by atoms with Crippen molar-refractivity contribution in [2.45, 2.75) is 64.3 Å². The number of likely N-dealkylation sites (tertiary alicyclic amines) is 1. The smallest absolute Gasteiger partial charge is 0.252 e. The van der Waals surface area contributed by atoms with Gasteiger partial charge in [-0.2, -0.15) is 5.21 Å². The summed E-state index contributed by atoms with van der Waals surface area (Å²) in [6, 6.07) is 4.76. The van der Waals surface area contributed by atoms with Gasteiger partial charge < -0.3 is 15.3 Å². The summed E-state index contributed by atoms with van der Waals surface area (Å²) in [6.45, 7) is 4.11. The zero-order valence-electron chi connectivity index (χ0n) is 18.1. The normalized spacial score (nSPS) is 25.4. The molecule has 3 aliphatic rings. The number of hydrogen-bond acceptors (Lipinski definition) is 6. The summed E-state index contributed by atoms with van der Waals surface area (Å²) < 4.78 is 0. The second-order valence-corrected chi connectivity index (χ2v) is 10.2. The van der Waals surface area contributed by atoms with Gasteiger partial charge in [0.25, 0.3) is 5.91 Å². The molecule has 170 valence electrons. The number of aliphatic hydroxyl groups excluding tert-OH is 1. The molecule has 3 N–H and O–H groups in total. The molecule has 0 radical (unpaired) electrons. The van der Waals surface area contributed by atoms with Crippen LogP contribution < -0.4 is 5.32 Å². The van der Waals surface area contributed by atoms with Crippen molar-refractivity contribution in [1.29, 1.82) is 0 Å². The van der Waals surface area contributed by atoms with Crippen molar-refractivity contribution >= 4 is 23.4 Å². The predicted molar refractivity (Wildman–Crippen MR) is 116 cm³/mol. The lowest BCUT2D eigenvalue weighted by Crippen LogP contribution is -2.54. The van der Waals surface area contributed by atoms with Gasteiger partial charge in [-0.25, -0.2) is 0 Å². The predicted octanol–water partition coefficient (Wildman–Crippen LogP) is 1.92. The number of nitrogens with zero attached hydrogens (tertiary/aromatic N) is 4. The van der Waals surface area contributed by atoms with Crippen LogP contribution in [0.3, 0.4) is 0 Å². The van der Waals surface area contributed by atoms with Gasteiger partial charge in [-0.1, -0.05) is 25.4 Å². The van der Waals surface area contributed by atoms with Crippen molar-refractivity contribution in [3.05, 3.63) is 28.8 Å². The molecule has 2 heterocycles. The summed E-state index contributed by atoms with van der Waals surface area (Å²) in [7, 11) is 0. The molecule has 2 amide bonds. The Balaban J connectivity index is 1.30. The molecule has 10 heteroatoms. The average molecular weight is 459 g/mol. The molecule has 1 unspecified atom stereocenters. The van der Waals surface area contributed by atoms with Crippen molar-refractivity contribution in [2.75, 3.05) is 0 Å². The Morgan fingerprint density at radius 2 is 2.12 bits per heavy atom. The third-order valence-corrected chi connectivity index (χ3v) is 7.57. The van der Waals surface area contributed by atoms with Gasteiger partial charge >= 0.3 is 0 Å². The van der Waals surface area contributed by atoms with Crippen LogP contribution >= 0.6 is 11.6 Å². The van der Waals surface area contributed by atoms with E-state index < -0.39 is 17.6 Å². The molecule has 5 rings (SSSR count). The summed E-state index contributed by atoms with van der Waals surface area (Å²) in [4.78, 5) is 28.0. The van der Waals surface area contributed by atoms with E-state index in [0.29, 0.717) is 34.7 Å². The number of piperidine rings is 1. The van der Waals surface area contributed by atoms with E-state index in [9.17, 15) is 14.7 Å². The number of carbonyl (C=O) groups excluding carboxylic acids is 2. The van der Waals surface area contributed by atoms with Crippen LogP contribution in [0.4, 0.5) is 0 Å². The van der Waals surface area contributed by atoms with Crippen molar-refractivity contribution in [2.24, 2.45) is 17.3 Å². The molecule has 3 fully saturated rings. The standard InChI is InChI=1S/C22H27ClN6O3/c1-22(2,13-3-4-13)18(30)21(32)29-16-8-11(16)9-17(29)20(31)24-10-12-7-14(23)5-6-15(12)19-25-27-28-26-19/h5-7,11,13,16-18,30H,3-4,8-10H2,1-2H3,(H,24,31)(H,25,26,27,28)/t11-,16-,17-,18?/m0/s1. The first-order chi connectivity index (χ1) is 15.3. The van der Waals surface area contributed by atoms with Gasteiger partial charge in [0, 0.05) is 28.6 Å². The summed E-state index contributed by atoms with van der Waals surface area (Å²) in [5.41, 5.74) is 0.987. The molecule has 9 nitrogen and oxygen atoms in total. The second kappa shape index (κ2) is 7.81. The van der Waals surface area contributed by atoms with Crippen molar-refractivity contribution in [1.82, 2.24) is 30.8 Å². The van der Waals surface area contributed by atoms with E-state index in [1.54, 1.807) is 23.1 Å². The van der Waals surface area contributed by atoms with Crippen LogP contribution in [-0.2, 0) is 16.1 Å². The topological polar surface area (TPSA) is 124 Å². The minimum absolute atomic E-state index is 0.0592. The molecule has 32 heavy (non-hydrogen) atoms. The van der Waals surface area contributed by atoms with E-state index in [2.05, 4.69) is 25.9 Å². The van der Waals surface area contributed by atoms with Gasteiger partial charge in [0.1, 0.15) is 12.1 Å². The number of amides is 2. The van der Waals surface area contributed by atoms with Crippen LogP contribution in [0.2, 0.25) is 5.02 Å². The van der Waals surface area contributed by atoms with Crippen LogP contribution in [0.1, 0.15) is 45.1 Å². The Bertz CT molecular complexity index is 1040. The number of H-pyrrole nitrogens is 1. The van der Waals surface area contributed by atoms with E-state index >= 15 is 0 Å². The minimum atomic E-state index is -1.09. The molecule has 2 saturated carbocycles. The molecule has 2 aliphatic carbocycles. The Kier molecular flexibility index (Phi) is 5.21. The molecular formula is C22H27ClN6O3. The van der Waals surface area contributed by atoms with Crippen LogP contribution in [0, 0.1) is 17.3 Å². The molecule has 1 aromatic heterocycles. The Morgan fingerprint density at radius 1 is 1.34 bits per heavy atom. The summed E-state index contributed by atoms with van der Waals surface area (Å²) in [5, 5.41) is 28.4. The SMILES string of the molecule is CC(C)(C1CC1)C(O)C(=O)N1[C@H](C(=O)NCc2cc(Cl)ccc2-c2nn[nH]n2)C[C@@H]2C[C@@H]21. The number of carbonyl (C=O) groups is 2. The first-order valence-corrected chi connectivity index (χ1v) is 11.5. The van der Waals surface area contributed by atoms with E-state index in [0.717, 1.165) is 24.8 Å². The highest BCUT2D eigenvalue weighted by Crippen LogP contribution is 2.51. The quantitative estimate of drug-likeness (QED) is 0.582. The number of aromatic amines is 1. The molecule has 1 aromatic carbocycles. The summed E-state index contributed by atoms with van der Waals surface area (Å²) >= 11 is 6.16. The van der Waals surface area contributed by atoms with E-state index in [4.69, 9.17) is 11.6 Å². The molecule has 0 spiro atoms. The highest BCUT2D eigenvalue weighted by molar-refractivity contribution is 6.30. The molecule has 1 saturated heterocycles. The number of benzene rings is 1. The van der Waals surface area contributed by atoms with Crippen LogP contribution in [0.15, 0.2) is 18.2 Å². The summed E-state index contributed by atoms with van der Waals surface area (Å²) in [6.07, 6.45) is 2.52. The third kappa shape index (κ3) is 3.77. The monoisotopic (exact) mass is 458 g/mol. The van der Waals surface area contributed by atoms with Gasteiger partial charge in [0.05, 0.1) is 0 Å². The zero-order valence-corrected chi connectivity index (χ0v) is 18.8. The van der Waals surface area contributed by atoms with E-state index in [1.807, 2.05) is 13.8 Å². The van der Waals surface area contributed by atoms with E-state index in [1.165, 1.54) is 0 Å². The Labute approximate surface area is 190 Å². The molecule has 2 aromatic rings. The maximum Gasteiger partial charge on any atom is 0.252 e. The average Bonchev–Trinajstić information content (AvgIpc) is 3.68. The number of aliphatic hydroxyl groups is 1. The second-order valence-electron chi connectivity index (χ2n) is 9.81. The number of nitrogens with one attached hydrogen (secondary N) is 2. The number of halogens is 1. The first-order valence-electron chi connectivity index (χ1n) is 11.1. The molecule has 1 aliphatic heterocycles. The van der Waals surface area contributed by atoms with Crippen molar-refractivity contribution in [3.63, 3.8) is 0 Å². The number of fused-ring (bicyclic) bond motifs is 1. The largest absolute Gasteiger partial charge is 0.383 e. The third-order valence-electron chi connectivity index (χ3n) is 7.34. The molecule has 4 atom stereocenters. The fourth-order valence-corrected chi connectivity index (χ4v) is 5.21. The lowest BCUT2D eigenvalue weighted by atomic mass is 9.80. The fourth-order valence-electron chi connectivity index (χ4n) is 5.02. The van der Waals surface area contributed by atoms with Gasteiger partial charge in [-0.3, -0.25) is 9.59 Å². The van der Waals surface area contributed by atoms with Crippen molar-refractivity contribution < 1.29 is 14.7 Å². The highest BCUT2D eigenvalue weighted by Gasteiger charge is 2.58. The van der Waals surface area contributed by atoms with Gasteiger partial charge in [0.2, 0.25) is 11.7 Å². The van der Waals surface area contributed by atoms with Gasteiger partial charge in [-0.15, -0.1) is 10.2 Å². The Morgan fingerprint density at radius 3 is 2.81 bits per heavy atom. The molecule has 0 bridgehead atoms. The maximum absolute atomic E-state index is 13.3. The fraction of sp³-hybridized carbons (Fsp3) is 0.591. The number of aromatic nitrogens is 4. The lowest BCUT2D eigenvalue weighted by molar-refractivity contribution is -0.152. The highest BCUT2D eigenvalue weighted by atomic mass is 35.5. The number of rotatable bonds is 7. The Hall–Kier alpha value is -2.52. The van der Waals surface area contributed by atoms with Crippen LogP contribution in [-0.4, -0.2) is 60.6 Å². The number of hydrogen-bond donors (Lipinski definition) is 3. The van der Waals surface area contributed by atoms with Crippen molar-refractivity contribution in [3.8, 4) is 11.4 Å². The first kappa shape index (κ1) is 21.3. The van der Waals surface area contributed by atoms with Gasteiger partial charge in [-0.05, 0) is 66.5 Å². The summed E-state index contributed by atoms with van der Waals surface area (Å²) in [5.74, 6) is 0.572. The van der Waals surface area contributed by atoms with E-state index in [-0.39, 0.29) is 24.4 Å². The number of tetrazole rings is 1. The van der Waals surface area contributed by atoms with Gasteiger partial charge in [0.15, 0.2) is 0 Å². The molecular weight excluding hydrogens is 432 g/mol. The maximum atomic E-state index is 13.3. The lowest BCUT2D eigenvalue weighted by Gasteiger charge is -2.35. The van der Waals surface area contributed by atoms with Crippen LogP contribution in [0.25, 0.3) is 11.4 Å². The zero-order chi connectivity index (χ0) is 22.6.